The molecule has 0 amide bonds. The van der Waals surface area contributed by atoms with Crippen molar-refractivity contribution < 1.29 is 19.4 Å². The Balaban J connectivity index is 2.52. The summed E-state index contributed by atoms with van der Waals surface area (Å²) in [6.07, 6.45) is -0.748. The molecule has 5 nitrogen and oxygen atoms in total. The van der Waals surface area contributed by atoms with Gasteiger partial charge >= 0.3 is 5.97 Å². The summed E-state index contributed by atoms with van der Waals surface area (Å²) >= 11 is 0. The van der Waals surface area contributed by atoms with Crippen molar-refractivity contribution in [2.45, 2.75) is 19.4 Å². The molecule has 0 radical (unpaired) electrons. The average molecular weight is 267 g/mol. The number of nitrogens with zero attached hydrogens (tertiary/aromatic N) is 1. The molecule has 1 atom stereocenters. The van der Waals surface area contributed by atoms with Gasteiger partial charge in [0.05, 0.1) is 26.2 Å². The minimum Gasteiger partial charge on any atom is -0.494 e. The van der Waals surface area contributed by atoms with Crippen LogP contribution in [-0.2, 0) is 9.53 Å². The standard InChI is InChI=1S/C14H21NO4/c1-4-19-13-7-5-11(6-8-13)15(2)10-12(16)9-14(17)18-3/h5-8,12,16H,4,9-10H2,1-3H3. The normalized spacial score (nSPS) is 11.8. The molecule has 0 aromatic heterocycles. The van der Waals surface area contributed by atoms with Crippen LogP contribution in [-0.4, -0.2) is 44.5 Å². The van der Waals surface area contributed by atoms with E-state index in [1.165, 1.54) is 7.11 Å². The van der Waals surface area contributed by atoms with Crippen LogP contribution in [0.2, 0.25) is 0 Å². The molecule has 1 rings (SSSR count). The minimum atomic E-state index is -0.746. The Hall–Kier alpha value is -1.75. The zero-order chi connectivity index (χ0) is 14.3. The highest BCUT2D eigenvalue weighted by molar-refractivity contribution is 5.69. The van der Waals surface area contributed by atoms with Gasteiger partial charge in [0.25, 0.3) is 0 Å². The van der Waals surface area contributed by atoms with E-state index in [0.29, 0.717) is 13.2 Å². The minimum absolute atomic E-state index is 0.00211. The maximum absolute atomic E-state index is 11.0. The highest BCUT2D eigenvalue weighted by Crippen LogP contribution is 2.18. The Morgan fingerprint density at radius 1 is 1.37 bits per heavy atom. The molecule has 5 heteroatoms. The number of rotatable bonds is 7. The third-order valence-electron chi connectivity index (χ3n) is 2.70. The maximum Gasteiger partial charge on any atom is 0.308 e. The molecule has 1 unspecified atom stereocenters. The highest BCUT2D eigenvalue weighted by Gasteiger charge is 2.13. The smallest absolute Gasteiger partial charge is 0.308 e. The predicted octanol–water partition coefficient (Wildman–Crippen LogP) is 1.45. The molecular weight excluding hydrogens is 246 g/mol. The number of aliphatic hydroxyl groups is 1. The van der Waals surface area contributed by atoms with Crippen LogP contribution in [0.3, 0.4) is 0 Å². The number of esters is 1. The van der Waals surface area contributed by atoms with Gasteiger partial charge in [-0.3, -0.25) is 4.79 Å². The van der Waals surface area contributed by atoms with Crippen LogP contribution in [0, 0.1) is 0 Å². The van der Waals surface area contributed by atoms with Crippen molar-refractivity contribution in [1.82, 2.24) is 0 Å². The van der Waals surface area contributed by atoms with Gasteiger partial charge in [0, 0.05) is 19.3 Å². The van der Waals surface area contributed by atoms with Gasteiger partial charge in [-0.2, -0.15) is 0 Å². The van der Waals surface area contributed by atoms with Crippen molar-refractivity contribution in [3.8, 4) is 5.75 Å². The van der Waals surface area contributed by atoms with Crippen molar-refractivity contribution in [2.24, 2.45) is 0 Å². The fraction of sp³-hybridized carbons (Fsp3) is 0.500. The van der Waals surface area contributed by atoms with Crippen LogP contribution in [0.4, 0.5) is 5.69 Å². The average Bonchev–Trinajstić information content (AvgIpc) is 2.39. The number of hydrogen-bond donors (Lipinski definition) is 1. The second kappa shape index (κ2) is 7.63. The molecule has 0 aliphatic heterocycles. The highest BCUT2D eigenvalue weighted by atomic mass is 16.5. The Morgan fingerprint density at radius 3 is 2.53 bits per heavy atom. The number of anilines is 1. The van der Waals surface area contributed by atoms with Crippen molar-refractivity contribution in [2.75, 3.05) is 32.2 Å². The fourth-order valence-corrected chi connectivity index (χ4v) is 1.73. The third kappa shape index (κ3) is 5.18. The van der Waals surface area contributed by atoms with E-state index in [-0.39, 0.29) is 6.42 Å². The maximum atomic E-state index is 11.0. The van der Waals surface area contributed by atoms with Crippen LogP contribution in [0.5, 0.6) is 5.75 Å². The number of carbonyl (C=O) groups is 1. The van der Waals surface area contributed by atoms with Gasteiger partial charge in [-0.25, -0.2) is 0 Å². The SMILES string of the molecule is CCOc1ccc(N(C)CC(O)CC(=O)OC)cc1. The Kier molecular flexibility index (Phi) is 6.15. The molecule has 0 saturated heterocycles. The Morgan fingerprint density at radius 2 is 2.00 bits per heavy atom. The van der Waals surface area contributed by atoms with Gasteiger partial charge in [-0.15, -0.1) is 0 Å². The number of methoxy groups -OCH3 is 1. The molecule has 0 spiro atoms. The Labute approximate surface area is 113 Å². The molecule has 0 bridgehead atoms. The fourth-order valence-electron chi connectivity index (χ4n) is 1.73. The summed E-state index contributed by atoms with van der Waals surface area (Å²) in [6.45, 7) is 2.93. The largest absolute Gasteiger partial charge is 0.494 e. The van der Waals surface area contributed by atoms with E-state index in [0.717, 1.165) is 11.4 Å². The molecule has 1 aromatic rings. The van der Waals surface area contributed by atoms with Gasteiger partial charge in [0.1, 0.15) is 5.75 Å². The predicted molar refractivity (Wildman–Crippen MR) is 73.5 cm³/mol. The van der Waals surface area contributed by atoms with E-state index in [9.17, 15) is 9.90 Å². The number of ether oxygens (including phenoxy) is 2. The van der Waals surface area contributed by atoms with Gasteiger partial charge in [-0.1, -0.05) is 0 Å². The number of aliphatic hydroxyl groups excluding tert-OH is 1. The molecule has 0 aliphatic rings. The second-order valence-corrected chi connectivity index (χ2v) is 4.24. The van der Waals surface area contributed by atoms with E-state index < -0.39 is 12.1 Å². The van der Waals surface area contributed by atoms with Crippen molar-refractivity contribution in [3.63, 3.8) is 0 Å². The molecular formula is C14H21NO4. The van der Waals surface area contributed by atoms with Crippen LogP contribution < -0.4 is 9.64 Å². The van der Waals surface area contributed by atoms with E-state index in [4.69, 9.17) is 4.74 Å². The van der Waals surface area contributed by atoms with Gasteiger partial charge < -0.3 is 19.5 Å². The molecule has 0 saturated carbocycles. The lowest BCUT2D eigenvalue weighted by molar-refractivity contribution is -0.142. The van der Waals surface area contributed by atoms with Crippen molar-refractivity contribution in [1.29, 1.82) is 0 Å². The van der Waals surface area contributed by atoms with Gasteiger partial charge in [0.15, 0.2) is 0 Å². The summed E-state index contributed by atoms with van der Waals surface area (Å²) in [5.74, 6) is 0.405. The van der Waals surface area contributed by atoms with Crippen LogP contribution >= 0.6 is 0 Å². The van der Waals surface area contributed by atoms with Crippen LogP contribution in [0.25, 0.3) is 0 Å². The number of benzene rings is 1. The molecule has 106 valence electrons. The molecule has 19 heavy (non-hydrogen) atoms. The lowest BCUT2D eigenvalue weighted by atomic mass is 10.2. The molecule has 0 heterocycles. The monoisotopic (exact) mass is 267 g/mol. The van der Waals surface area contributed by atoms with E-state index >= 15 is 0 Å². The van der Waals surface area contributed by atoms with E-state index in [1.807, 2.05) is 43.1 Å². The first kappa shape index (κ1) is 15.3. The quantitative estimate of drug-likeness (QED) is 0.758. The van der Waals surface area contributed by atoms with Crippen molar-refractivity contribution >= 4 is 11.7 Å². The topological polar surface area (TPSA) is 59.0 Å². The van der Waals surface area contributed by atoms with E-state index in [1.54, 1.807) is 0 Å². The summed E-state index contributed by atoms with van der Waals surface area (Å²) in [5.41, 5.74) is 0.951. The number of hydrogen-bond acceptors (Lipinski definition) is 5. The van der Waals surface area contributed by atoms with Gasteiger partial charge in [-0.05, 0) is 31.2 Å². The number of likely N-dealkylation sites (N-methyl/N-ethyl adjacent to an activating group) is 1. The summed E-state index contributed by atoms with van der Waals surface area (Å²) < 4.78 is 9.88. The summed E-state index contributed by atoms with van der Waals surface area (Å²) in [6, 6.07) is 7.58. The summed E-state index contributed by atoms with van der Waals surface area (Å²) in [7, 11) is 3.17. The third-order valence-corrected chi connectivity index (χ3v) is 2.70. The van der Waals surface area contributed by atoms with Crippen LogP contribution in [0.15, 0.2) is 24.3 Å². The van der Waals surface area contributed by atoms with Crippen LogP contribution in [0.1, 0.15) is 13.3 Å². The van der Waals surface area contributed by atoms with Crippen molar-refractivity contribution in [3.05, 3.63) is 24.3 Å². The summed E-state index contributed by atoms with van der Waals surface area (Å²) in [4.78, 5) is 12.9. The zero-order valence-electron chi connectivity index (χ0n) is 11.6. The molecule has 0 fully saturated rings. The lowest BCUT2D eigenvalue weighted by Crippen LogP contribution is -2.30. The molecule has 1 aromatic carbocycles. The zero-order valence-corrected chi connectivity index (χ0v) is 11.6. The Bertz CT molecular complexity index is 391. The summed E-state index contributed by atoms with van der Waals surface area (Å²) in [5, 5.41) is 9.75. The molecule has 0 aliphatic carbocycles. The first-order valence-corrected chi connectivity index (χ1v) is 6.25. The molecule has 1 N–H and O–H groups in total. The van der Waals surface area contributed by atoms with Gasteiger partial charge in [0.2, 0.25) is 0 Å². The second-order valence-electron chi connectivity index (χ2n) is 4.24. The van der Waals surface area contributed by atoms with E-state index in [2.05, 4.69) is 4.74 Å². The lowest BCUT2D eigenvalue weighted by Gasteiger charge is -2.22. The number of carbonyl (C=O) groups excluding carboxylic acids is 1. The first-order valence-electron chi connectivity index (χ1n) is 6.25. The first-order chi connectivity index (χ1) is 9.06.